The van der Waals surface area contributed by atoms with Crippen LogP contribution in [0.2, 0.25) is 0 Å². The molecule has 102 valence electrons. The first-order valence-electron chi connectivity index (χ1n) is 6.30. The maximum Gasteiger partial charge on any atom is 0.173 e. The van der Waals surface area contributed by atoms with E-state index in [1.807, 2.05) is 38.1 Å². The smallest absolute Gasteiger partial charge is 0.173 e. The van der Waals surface area contributed by atoms with Gasteiger partial charge in [0.2, 0.25) is 0 Å². The Hall–Kier alpha value is -1.79. The molecule has 0 aliphatic carbocycles. The number of nitrogens with one attached hydrogen (secondary N) is 1. The number of benzene rings is 1. The van der Waals surface area contributed by atoms with Gasteiger partial charge in [-0.1, -0.05) is 18.2 Å². The lowest BCUT2D eigenvalue weighted by atomic mass is 10.2. The molecule has 2 rings (SSSR count). The van der Waals surface area contributed by atoms with Crippen molar-refractivity contribution in [1.29, 1.82) is 0 Å². The van der Waals surface area contributed by atoms with Crippen LogP contribution < -0.4 is 5.32 Å². The van der Waals surface area contributed by atoms with Gasteiger partial charge in [0.25, 0.3) is 0 Å². The lowest BCUT2D eigenvalue weighted by molar-refractivity contribution is 0.196. The zero-order valence-electron chi connectivity index (χ0n) is 11.5. The average molecular weight is 261 g/mol. The van der Waals surface area contributed by atoms with E-state index < -0.39 is 0 Å². The normalized spacial score (nSPS) is 12.6. The number of aryl methyl sites for hydroxylation is 1. The summed E-state index contributed by atoms with van der Waals surface area (Å²) in [5.41, 5.74) is 2.14. The zero-order valence-corrected chi connectivity index (χ0v) is 11.5. The van der Waals surface area contributed by atoms with E-state index in [1.165, 1.54) is 0 Å². The Bertz CT molecular complexity index is 525. The lowest BCUT2D eigenvalue weighted by Crippen LogP contribution is -2.25. The van der Waals surface area contributed by atoms with Gasteiger partial charge in [-0.15, -0.1) is 5.10 Å². The molecular weight excluding hydrogens is 242 g/mol. The van der Waals surface area contributed by atoms with Gasteiger partial charge >= 0.3 is 0 Å². The number of aromatic nitrogens is 4. The summed E-state index contributed by atoms with van der Waals surface area (Å²) >= 11 is 0. The first kappa shape index (κ1) is 13.6. The molecule has 6 nitrogen and oxygen atoms in total. The van der Waals surface area contributed by atoms with Gasteiger partial charge < -0.3 is 10.1 Å². The lowest BCUT2D eigenvalue weighted by Gasteiger charge is -2.14. The monoisotopic (exact) mass is 261 g/mol. The third-order valence-corrected chi connectivity index (χ3v) is 2.98. The maximum absolute atomic E-state index is 5.02. The minimum absolute atomic E-state index is 0.0600. The second kappa shape index (κ2) is 6.40. The van der Waals surface area contributed by atoms with E-state index in [1.54, 1.807) is 11.8 Å². The number of ether oxygens (including phenoxy) is 1. The Labute approximate surface area is 112 Å². The van der Waals surface area contributed by atoms with Crippen molar-refractivity contribution in [3.63, 3.8) is 0 Å². The molecule has 0 spiro atoms. The van der Waals surface area contributed by atoms with Crippen molar-refractivity contribution in [3.8, 4) is 5.69 Å². The van der Waals surface area contributed by atoms with Crippen LogP contribution in [0, 0.1) is 6.92 Å². The van der Waals surface area contributed by atoms with Crippen molar-refractivity contribution in [2.45, 2.75) is 19.9 Å². The Morgan fingerprint density at radius 1 is 1.37 bits per heavy atom. The van der Waals surface area contributed by atoms with Crippen LogP contribution in [0.1, 0.15) is 24.4 Å². The highest BCUT2D eigenvalue weighted by atomic mass is 16.5. The van der Waals surface area contributed by atoms with Gasteiger partial charge in [-0.3, -0.25) is 0 Å². The molecule has 0 bridgehead atoms. The standard InChI is InChI=1S/C13H19N5O/c1-10-6-4-5-7-12(10)18-13(15-16-17-18)11(2)14-8-9-19-3/h4-7,11,14H,8-9H2,1-3H3. The molecule has 2 aromatic rings. The Kier molecular flexibility index (Phi) is 4.59. The predicted octanol–water partition coefficient (Wildman–Crippen LogP) is 1.27. The molecule has 1 heterocycles. The van der Waals surface area contributed by atoms with Crippen LogP contribution in [-0.4, -0.2) is 40.5 Å². The molecule has 0 radical (unpaired) electrons. The van der Waals surface area contributed by atoms with Crippen LogP contribution in [0.4, 0.5) is 0 Å². The second-order valence-corrected chi connectivity index (χ2v) is 4.40. The molecule has 1 atom stereocenters. The summed E-state index contributed by atoms with van der Waals surface area (Å²) in [6, 6.07) is 8.10. The summed E-state index contributed by atoms with van der Waals surface area (Å²) in [5, 5.41) is 15.3. The third kappa shape index (κ3) is 3.15. The van der Waals surface area contributed by atoms with Crippen LogP contribution in [0.5, 0.6) is 0 Å². The van der Waals surface area contributed by atoms with E-state index in [4.69, 9.17) is 4.74 Å². The molecule has 0 aliphatic heterocycles. The predicted molar refractivity (Wildman–Crippen MR) is 72.2 cm³/mol. The zero-order chi connectivity index (χ0) is 13.7. The number of nitrogens with zero attached hydrogens (tertiary/aromatic N) is 4. The molecule has 6 heteroatoms. The molecule has 0 saturated carbocycles. The first-order valence-corrected chi connectivity index (χ1v) is 6.30. The van der Waals surface area contributed by atoms with E-state index in [0.29, 0.717) is 6.61 Å². The highest BCUT2D eigenvalue weighted by Crippen LogP contribution is 2.16. The second-order valence-electron chi connectivity index (χ2n) is 4.40. The largest absolute Gasteiger partial charge is 0.383 e. The molecule has 0 aliphatic rings. The Morgan fingerprint density at radius 3 is 2.89 bits per heavy atom. The van der Waals surface area contributed by atoms with E-state index in [-0.39, 0.29) is 6.04 Å². The minimum Gasteiger partial charge on any atom is -0.383 e. The fourth-order valence-corrected chi connectivity index (χ4v) is 1.91. The van der Waals surface area contributed by atoms with Gasteiger partial charge in [0, 0.05) is 13.7 Å². The van der Waals surface area contributed by atoms with Crippen LogP contribution in [0.15, 0.2) is 24.3 Å². The molecule has 0 fully saturated rings. The molecule has 0 amide bonds. The summed E-state index contributed by atoms with van der Waals surface area (Å²) < 4.78 is 6.80. The van der Waals surface area contributed by atoms with Crippen molar-refractivity contribution >= 4 is 0 Å². The van der Waals surface area contributed by atoms with Crippen molar-refractivity contribution in [2.24, 2.45) is 0 Å². The van der Waals surface area contributed by atoms with E-state index >= 15 is 0 Å². The van der Waals surface area contributed by atoms with Gasteiger partial charge in [-0.2, -0.15) is 4.68 Å². The quantitative estimate of drug-likeness (QED) is 0.793. The van der Waals surface area contributed by atoms with Crippen molar-refractivity contribution in [1.82, 2.24) is 25.5 Å². The van der Waals surface area contributed by atoms with Gasteiger partial charge in [0.05, 0.1) is 18.3 Å². The summed E-state index contributed by atoms with van der Waals surface area (Å²) in [6.45, 7) is 5.51. The first-order chi connectivity index (χ1) is 9.24. The maximum atomic E-state index is 5.02. The number of tetrazole rings is 1. The summed E-state index contributed by atoms with van der Waals surface area (Å²) in [6.07, 6.45) is 0. The Morgan fingerprint density at radius 2 is 2.16 bits per heavy atom. The summed E-state index contributed by atoms with van der Waals surface area (Å²) in [7, 11) is 1.68. The van der Waals surface area contributed by atoms with Crippen molar-refractivity contribution in [3.05, 3.63) is 35.7 Å². The topological polar surface area (TPSA) is 64.9 Å². The van der Waals surface area contributed by atoms with Crippen LogP contribution >= 0.6 is 0 Å². The average Bonchev–Trinajstić information content (AvgIpc) is 2.88. The van der Waals surface area contributed by atoms with Gasteiger partial charge in [0.15, 0.2) is 5.82 Å². The Balaban J connectivity index is 2.20. The fourth-order valence-electron chi connectivity index (χ4n) is 1.91. The molecule has 0 saturated heterocycles. The van der Waals surface area contributed by atoms with Crippen molar-refractivity contribution in [2.75, 3.05) is 20.3 Å². The summed E-state index contributed by atoms with van der Waals surface area (Å²) in [4.78, 5) is 0. The minimum atomic E-state index is 0.0600. The number of hydrogen-bond acceptors (Lipinski definition) is 5. The highest BCUT2D eigenvalue weighted by Gasteiger charge is 2.15. The molecular formula is C13H19N5O. The van der Waals surface area contributed by atoms with E-state index in [0.717, 1.165) is 23.6 Å². The van der Waals surface area contributed by atoms with Gasteiger partial charge in [0.1, 0.15) is 0 Å². The van der Waals surface area contributed by atoms with Gasteiger partial charge in [-0.25, -0.2) is 0 Å². The van der Waals surface area contributed by atoms with Crippen LogP contribution in [-0.2, 0) is 4.74 Å². The number of para-hydroxylation sites is 1. The van der Waals surface area contributed by atoms with Crippen molar-refractivity contribution < 1.29 is 4.74 Å². The number of hydrogen-bond donors (Lipinski definition) is 1. The van der Waals surface area contributed by atoms with Gasteiger partial charge in [-0.05, 0) is 35.9 Å². The van der Waals surface area contributed by atoms with Crippen LogP contribution in [0.3, 0.4) is 0 Å². The summed E-state index contributed by atoms with van der Waals surface area (Å²) in [5.74, 6) is 0.797. The molecule has 1 aromatic carbocycles. The SMILES string of the molecule is COCCNC(C)c1nnnn1-c1ccccc1C. The highest BCUT2D eigenvalue weighted by molar-refractivity contribution is 5.39. The van der Waals surface area contributed by atoms with E-state index in [2.05, 4.69) is 20.8 Å². The fraction of sp³-hybridized carbons (Fsp3) is 0.462. The molecule has 1 N–H and O–H groups in total. The molecule has 1 unspecified atom stereocenters. The van der Waals surface area contributed by atoms with Crippen LogP contribution in [0.25, 0.3) is 5.69 Å². The number of methoxy groups -OCH3 is 1. The molecule has 1 aromatic heterocycles. The third-order valence-electron chi connectivity index (χ3n) is 2.98. The molecule has 19 heavy (non-hydrogen) atoms. The number of rotatable bonds is 6. The van der Waals surface area contributed by atoms with E-state index in [9.17, 15) is 0 Å².